The SMILES string of the molecule is CCCN1CCN(CC(O)CCN)CC1. The molecule has 0 aromatic rings. The molecule has 0 amide bonds. The molecule has 1 rings (SSSR count). The molecule has 1 atom stereocenters. The molecule has 15 heavy (non-hydrogen) atoms. The lowest BCUT2D eigenvalue weighted by atomic mass is 10.2. The standard InChI is InChI=1S/C11H25N3O/c1-2-5-13-6-8-14(9-7-13)10-11(15)3-4-12/h11,15H,2-10,12H2,1H3. The number of hydrogen-bond donors (Lipinski definition) is 2. The number of β-amino-alcohol motifs (C(OH)–C–C–N with tert-alkyl or cyclic N) is 1. The molecule has 4 heteroatoms. The van der Waals surface area contributed by atoms with Crippen molar-refractivity contribution < 1.29 is 5.11 Å². The molecule has 0 aromatic heterocycles. The summed E-state index contributed by atoms with van der Waals surface area (Å²) in [6.07, 6.45) is 1.71. The first-order valence-electron chi connectivity index (χ1n) is 6.09. The van der Waals surface area contributed by atoms with Crippen LogP contribution in [-0.4, -0.2) is 66.8 Å². The summed E-state index contributed by atoms with van der Waals surface area (Å²) in [5, 5.41) is 9.64. The van der Waals surface area contributed by atoms with E-state index in [1.54, 1.807) is 0 Å². The Bertz CT molecular complexity index is 158. The minimum absolute atomic E-state index is 0.243. The first-order valence-corrected chi connectivity index (χ1v) is 6.09. The molecule has 90 valence electrons. The molecule has 1 aliphatic heterocycles. The molecule has 0 bridgehead atoms. The first-order chi connectivity index (χ1) is 7.26. The van der Waals surface area contributed by atoms with Gasteiger partial charge in [0.15, 0.2) is 0 Å². The van der Waals surface area contributed by atoms with E-state index < -0.39 is 0 Å². The highest BCUT2D eigenvalue weighted by Crippen LogP contribution is 2.04. The number of rotatable bonds is 6. The summed E-state index contributed by atoms with van der Waals surface area (Å²) >= 11 is 0. The molecule has 0 radical (unpaired) electrons. The number of nitrogens with two attached hydrogens (primary N) is 1. The fourth-order valence-corrected chi connectivity index (χ4v) is 2.09. The first kappa shape index (κ1) is 12.9. The summed E-state index contributed by atoms with van der Waals surface area (Å²) in [6, 6.07) is 0. The summed E-state index contributed by atoms with van der Waals surface area (Å²) in [4.78, 5) is 4.83. The number of hydrogen-bond acceptors (Lipinski definition) is 4. The van der Waals surface area contributed by atoms with Gasteiger partial charge in [0.1, 0.15) is 0 Å². The molecule has 4 nitrogen and oxygen atoms in total. The van der Waals surface area contributed by atoms with E-state index in [1.807, 2.05) is 0 Å². The van der Waals surface area contributed by atoms with Crippen molar-refractivity contribution in [2.75, 3.05) is 45.8 Å². The van der Waals surface area contributed by atoms with Gasteiger partial charge in [-0.3, -0.25) is 4.90 Å². The second-order valence-corrected chi connectivity index (χ2v) is 4.37. The Balaban J connectivity index is 2.14. The van der Waals surface area contributed by atoms with Crippen molar-refractivity contribution in [1.82, 2.24) is 9.80 Å². The van der Waals surface area contributed by atoms with Crippen molar-refractivity contribution in [1.29, 1.82) is 0 Å². The van der Waals surface area contributed by atoms with E-state index >= 15 is 0 Å². The maximum atomic E-state index is 9.64. The number of piperazine rings is 1. The van der Waals surface area contributed by atoms with Gasteiger partial charge in [-0.15, -0.1) is 0 Å². The molecule has 0 aromatic carbocycles. The summed E-state index contributed by atoms with van der Waals surface area (Å²) in [5.74, 6) is 0. The minimum atomic E-state index is -0.243. The molecule has 1 heterocycles. The monoisotopic (exact) mass is 215 g/mol. The second-order valence-electron chi connectivity index (χ2n) is 4.37. The van der Waals surface area contributed by atoms with Crippen LogP contribution in [0.2, 0.25) is 0 Å². The Morgan fingerprint density at radius 1 is 1.20 bits per heavy atom. The summed E-state index contributed by atoms with van der Waals surface area (Å²) in [6.45, 7) is 9.25. The molecular formula is C11H25N3O. The van der Waals surface area contributed by atoms with Gasteiger partial charge < -0.3 is 15.7 Å². The van der Waals surface area contributed by atoms with Gasteiger partial charge >= 0.3 is 0 Å². The maximum Gasteiger partial charge on any atom is 0.0679 e. The Morgan fingerprint density at radius 3 is 2.33 bits per heavy atom. The van der Waals surface area contributed by atoms with Gasteiger partial charge in [0, 0.05) is 32.7 Å². The third-order valence-electron chi connectivity index (χ3n) is 2.97. The van der Waals surface area contributed by atoms with E-state index in [0.29, 0.717) is 6.54 Å². The van der Waals surface area contributed by atoms with E-state index in [0.717, 1.165) is 39.1 Å². The maximum absolute atomic E-state index is 9.64. The normalized spacial score (nSPS) is 21.8. The molecule has 0 spiro atoms. The van der Waals surface area contributed by atoms with Gasteiger partial charge in [-0.2, -0.15) is 0 Å². The highest BCUT2D eigenvalue weighted by atomic mass is 16.3. The lowest BCUT2D eigenvalue weighted by molar-refractivity contribution is 0.0699. The Morgan fingerprint density at radius 2 is 1.80 bits per heavy atom. The summed E-state index contributed by atoms with van der Waals surface area (Å²) in [5.41, 5.74) is 5.41. The third-order valence-corrected chi connectivity index (χ3v) is 2.97. The molecule has 1 fully saturated rings. The Kier molecular flexibility index (Phi) is 6.17. The average molecular weight is 215 g/mol. The Hall–Kier alpha value is -0.160. The summed E-state index contributed by atoms with van der Waals surface area (Å²) in [7, 11) is 0. The van der Waals surface area contributed by atoms with E-state index in [-0.39, 0.29) is 6.10 Å². The third kappa shape index (κ3) is 4.93. The molecular weight excluding hydrogens is 190 g/mol. The average Bonchev–Trinajstić information content (AvgIpc) is 2.22. The zero-order valence-electron chi connectivity index (χ0n) is 9.86. The number of nitrogens with zero attached hydrogens (tertiary/aromatic N) is 2. The van der Waals surface area contributed by atoms with Crippen LogP contribution in [-0.2, 0) is 0 Å². The second kappa shape index (κ2) is 7.17. The topological polar surface area (TPSA) is 52.7 Å². The van der Waals surface area contributed by atoms with Crippen LogP contribution in [0.25, 0.3) is 0 Å². The predicted octanol–water partition coefficient (Wildman–Crippen LogP) is -0.276. The minimum Gasteiger partial charge on any atom is -0.392 e. The van der Waals surface area contributed by atoms with E-state index in [2.05, 4.69) is 16.7 Å². The van der Waals surface area contributed by atoms with Crippen molar-refractivity contribution in [3.63, 3.8) is 0 Å². The summed E-state index contributed by atoms with van der Waals surface area (Å²) < 4.78 is 0. The van der Waals surface area contributed by atoms with Gasteiger partial charge in [-0.1, -0.05) is 6.92 Å². The van der Waals surface area contributed by atoms with Gasteiger partial charge in [-0.05, 0) is 25.9 Å². The number of aliphatic hydroxyl groups excluding tert-OH is 1. The van der Waals surface area contributed by atoms with Crippen molar-refractivity contribution in [3.05, 3.63) is 0 Å². The molecule has 3 N–H and O–H groups in total. The zero-order valence-corrected chi connectivity index (χ0v) is 9.86. The van der Waals surface area contributed by atoms with Crippen molar-refractivity contribution >= 4 is 0 Å². The predicted molar refractivity (Wildman–Crippen MR) is 62.8 cm³/mol. The van der Waals surface area contributed by atoms with Gasteiger partial charge in [0.2, 0.25) is 0 Å². The van der Waals surface area contributed by atoms with Crippen LogP contribution in [0.5, 0.6) is 0 Å². The smallest absolute Gasteiger partial charge is 0.0679 e. The van der Waals surface area contributed by atoms with Crippen molar-refractivity contribution in [2.45, 2.75) is 25.9 Å². The molecule has 1 aliphatic rings. The van der Waals surface area contributed by atoms with Crippen LogP contribution >= 0.6 is 0 Å². The van der Waals surface area contributed by atoms with Crippen molar-refractivity contribution in [2.24, 2.45) is 5.73 Å². The zero-order chi connectivity index (χ0) is 11.1. The molecule has 1 unspecified atom stereocenters. The largest absolute Gasteiger partial charge is 0.392 e. The fourth-order valence-electron chi connectivity index (χ4n) is 2.09. The van der Waals surface area contributed by atoms with Gasteiger partial charge in [0.25, 0.3) is 0 Å². The lowest BCUT2D eigenvalue weighted by Gasteiger charge is -2.35. The molecule has 0 aliphatic carbocycles. The molecule has 1 saturated heterocycles. The number of aliphatic hydroxyl groups is 1. The highest BCUT2D eigenvalue weighted by Gasteiger charge is 2.17. The quantitative estimate of drug-likeness (QED) is 0.640. The Labute approximate surface area is 93.0 Å². The van der Waals surface area contributed by atoms with Crippen LogP contribution in [0.4, 0.5) is 0 Å². The van der Waals surface area contributed by atoms with Crippen LogP contribution in [0.1, 0.15) is 19.8 Å². The van der Waals surface area contributed by atoms with Crippen LogP contribution in [0, 0.1) is 0 Å². The van der Waals surface area contributed by atoms with Crippen LogP contribution in [0.15, 0.2) is 0 Å². The lowest BCUT2D eigenvalue weighted by Crippen LogP contribution is -2.48. The highest BCUT2D eigenvalue weighted by molar-refractivity contribution is 4.73. The fraction of sp³-hybridized carbons (Fsp3) is 1.00. The van der Waals surface area contributed by atoms with Crippen molar-refractivity contribution in [3.8, 4) is 0 Å². The van der Waals surface area contributed by atoms with Gasteiger partial charge in [0.05, 0.1) is 6.10 Å². The molecule has 0 saturated carbocycles. The van der Waals surface area contributed by atoms with E-state index in [1.165, 1.54) is 13.0 Å². The van der Waals surface area contributed by atoms with Crippen LogP contribution in [0.3, 0.4) is 0 Å². The van der Waals surface area contributed by atoms with E-state index in [4.69, 9.17) is 5.73 Å². The van der Waals surface area contributed by atoms with Gasteiger partial charge in [-0.25, -0.2) is 0 Å². The van der Waals surface area contributed by atoms with Crippen LogP contribution < -0.4 is 5.73 Å². The van der Waals surface area contributed by atoms with E-state index in [9.17, 15) is 5.11 Å².